The molecule has 1 saturated heterocycles. The molecule has 2 aliphatic heterocycles. The van der Waals surface area contributed by atoms with E-state index < -0.39 is 0 Å². The molecule has 7 rings (SSSR count). The summed E-state index contributed by atoms with van der Waals surface area (Å²) in [4.78, 5) is 50.8. The zero-order valence-electron chi connectivity index (χ0n) is 27.1. The first kappa shape index (κ1) is 34.5. The molecule has 2 N–H and O–H groups in total. The third kappa shape index (κ3) is 6.03. The van der Waals surface area contributed by atoms with Crippen LogP contribution in [0.3, 0.4) is 0 Å². The van der Waals surface area contributed by atoms with Crippen molar-refractivity contribution >= 4 is 56.2 Å². The van der Waals surface area contributed by atoms with Gasteiger partial charge in [0.25, 0.3) is 0 Å². The number of ether oxygens (including phenoxy) is 2. The number of phenolic OH excluding ortho intramolecular Hbond substituents is 2. The van der Waals surface area contributed by atoms with Crippen LogP contribution in [0.1, 0.15) is 68.1 Å². The SMILES string of the molecule is COc1cc(Br)c(CC2C3=C(CCN2C=O)CC(=O)CC3)cc1O.COc1cc(Br)c2c(c1O)C13CCN(C=O)C(C2)C1CCC(=O)C3. The number of fused-ring (bicyclic) bond motifs is 1. The van der Waals surface area contributed by atoms with E-state index in [0.29, 0.717) is 69.5 Å². The number of ketones is 2. The Hall–Kier alpha value is -3.38. The molecule has 1 saturated carbocycles. The van der Waals surface area contributed by atoms with Crippen molar-refractivity contribution in [2.45, 2.75) is 81.7 Å². The minimum Gasteiger partial charge on any atom is -0.504 e. The van der Waals surface area contributed by atoms with E-state index in [0.717, 1.165) is 57.7 Å². The molecule has 0 aromatic heterocycles. The molecule has 2 aromatic rings. The lowest BCUT2D eigenvalue weighted by atomic mass is 9.52. The molecule has 2 aromatic carbocycles. The fourth-order valence-corrected chi connectivity index (χ4v) is 9.97. The largest absolute Gasteiger partial charge is 0.504 e. The lowest BCUT2D eigenvalue weighted by Crippen LogP contribution is -2.61. The Morgan fingerprint density at radius 3 is 2.35 bits per heavy atom. The second-order valence-corrected chi connectivity index (χ2v) is 15.1. The highest BCUT2D eigenvalue weighted by molar-refractivity contribution is 9.10. The molecule has 0 spiro atoms. The number of rotatable bonds is 6. The topological polar surface area (TPSA) is 134 Å². The number of aromatic hydroxyl groups is 2. The summed E-state index contributed by atoms with van der Waals surface area (Å²) < 4.78 is 12.2. The van der Waals surface area contributed by atoms with Crippen molar-refractivity contribution in [2.24, 2.45) is 5.92 Å². The summed E-state index contributed by atoms with van der Waals surface area (Å²) in [5, 5.41) is 20.9. The highest BCUT2D eigenvalue weighted by atomic mass is 79.9. The lowest BCUT2D eigenvalue weighted by Gasteiger charge is -2.58. The van der Waals surface area contributed by atoms with Crippen molar-refractivity contribution in [3.05, 3.63) is 55.0 Å². The van der Waals surface area contributed by atoms with Gasteiger partial charge in [0, 0.05) is 64.7 Å². The minimum absolute atomic E-state index is 0.0524. The molecule has 12 heteroatoms. The van der Waals surface area contributed by atoms with Crippen molar-refractivity contribution in [1.29, 1.82) is 0 Å². The molecule has 2 amide bonds. The number of methoxy groups -OCH3 is 2. The maximum Gasteiger partial charge on any atom is 0.210 e. The van der Waals surface area contributed by atoms with Crippen molar-refractivity contribution in [3.63, 3.8) is 0 Å². The van der Waals surface area contributed by atoms with Crippen LogP contribution < -0.4 is 9.47 Å². The van der Waals surface area contributed by atoms with E-state index in [-0.39, 0.29) is 46.5 Å². The normalized spacial score (nSPS) is 26.0. The smallest absolute Gasteiger partial charge is 0.210 e. The summed E-state index contributed by atoms with van der Waals surface area (Å²) in [5.41, 5.74) is 4.83. The van der Waals surface area contributed by atoms with Gasteiger partial charge in [-0.15, -0.1) is 0 Å². The van der Waals surface area contributed by atoms with Gasteiger partial charge in [0.05, 0.1) is 20.3 Å². The molecular formula is C36H40Br2N2O8. The fraction of sp³-hybridized carbons (Fsp3) is 0.500. The van der Waals surface area contributed by atoms with Gasteiger partial charge in [0.15, 0.2) is 23.0 Å². The maximum atomic E-state index is 12.3. The van der Waals surface area contributed by atoms with E-state index in [2.05, 4.69) is 31.9 Å². The number of phenols is 2. The molecule has 3 aliphatic carbocycles. The van der Waals surface area contributed by atoms with E-state index in [1.807, 2.05) is 9.80 Å². The third-order valence-electron chi connectivity index (χ3n) is 11.2. The number of hydrogen-bond donors (Lipinski definition) is 2. The van der Waals surface area contributed by atoms with Gasteiger partial charge in [-0.25, -0.2) is 0 Å². The van der Waals surface area contributed by atoms with Crippen LogP contribution in [-0.2, 0) is 37.4 Å². The molecule has 2 heterocycles. The standard InChI is InChI=1S/2C18H20BrNO4/c1-24-15-7-13(19)11-6-14-12-3-2-10(22)8-18(12,16(11)17(15)23)4-5-20(14)9-21;1-24-18-9-15(19)12(8-17(18)23)7-16-14-3-2-13(22)6-11(14)4-5-20(16)10-21/h7,9,12,14,23H,2-6,8H2,1H3;8-10,16,23H,2-7H2,1H3. The Morgan fingerprint density at radius 1 is 0.917 bits per heavy atom. The van der Waals surface area contributed by atoms with Crippen LogP contribution in [0, 0.1) is 5.92 Å². The second kappa shape index (κ2) is 13.9. The first-order chi connectivity index (χ1) is 23.0. The van der Waals surface area contributed by atoms with Crippen molar-refractivity contribution < 1.29 is 38.9 Å². The van der Waals surface area contributed by atoms with Gasteiger partial charge >= 0.3 is 0 Å². The number of halogens is 2. The Balaban J connectivity index is 0.000000167. The molecule has 48 heavy (non-hydrogen) atoms. The summed E-state index contributed by atoms with van der Waals surface area (Å²) in [6.45, 7) is 1.27. The number of Topliss-reactive ketones (excluding diaryl/α,β-unsaturated/α-hetero) is 2. The second-order valence-electron chi connectivity index (χ2n) is 13.4. The summed E-state index contributed by atoms with van der Waals surface area (Å²) in [5.74, 6) is 1.83. The number of nitrogens with zero attached hydrogens (tertiary/aromatic N) is 2. The van der Waals surface area contributed by atoms with E-state index >= 15 is 0 Å². The Bertz CT molecular complexity index is 1690. The lowest BCUT2D eigenvalue weighted by molar-refractivity contribution is -0.132. The number of carbonyl (C=O) groups is 4. The summed E-state index contributed by atoms with van der Waals surface area (Å²) in [7, 11) is 3.04. The predicted molar refractivity (Wildman–Crippen MR) is 184 cm³/mol. The summed E-state index contributed by atoms with van der Waals surface area (Å²) >= 11 is 7.12. The number of likely N-dealkylation sites (tertiary alicyclic amines) is 1. The van der Waals surface area contributed by atoms with Gasteiger partial charge in [0.2, 0.25) is 12.8 Å². The molecule has 10 nitrogen and oxygen atoms in total. The van der Waals surface area contributed by atoms with E-state index in [1.54, 1.807) is 18.2 Å². The highest BCUT2D eigenvalue weighted by Gasteiger charge is 2.57. The van der Waals surface area contributed by atoms with Gasteiger partial charge in [0.1, 0.15) is 11.6 Å². The van der Waals surface area contributed by atoms with E-state index in [1.165, 1.54) is 25.4 Å². The maximum absolute atomic E-state index is 12.3. The molecule has 256 valence electrons. The van der Waals surface area contributed by atoms with Gasteiger partial charge in [-0.2, -0.15) is 0 Å². The monoisotopic (exact) mass is 786 g/mol. The number of benzene rings is 2. The number of amides is 2. The molecule has 2 bridgehead atoms. The van der Waals surface area contributed by atoms with Crippen LogP contribution in [0.4, 0.5) is 0 Å². The van der Waals surface area contributed by atoms with E-state index in [4.69, 9.17) is 9.47 Å². The number of carbonyl (C=O) groups excluding carboxylic acids is 4. The number of hydrogen-bond acceptors (Lipinski definition) is 8. The van der Waals surface area contributed by atoms with Crippen LogP contribution in [0.25, 0.3) is 0 Å². The van der Waals surface area contributed by atoms with Gasteiger partial charge in [-0.3, -0.25) is 19.2 Å². The Labute approximate surface area is 296 Å². The van der Waals surface area contributed by atoms with Gasteiger partial charge < -0.3 is 29.5 Å². The van der Waals surface area contributed by atoms with Crippen molar-refractivity contribution in [1.82, 2.24) is 9.80 Å². The van der Waals surface area contributed by atoms with Crippen LogP contribution in [0.2, 0.25) is 0 Å². The quantitative estimate of drug-likeness (QED) is 0.288. The summed E-state index contributed by atoms with van der Waals surface area (Å²) in [6.07, 6.45) is 8.21. The average molecular weight is 789 g/mol. The van der Waals surface area contributed by atoms with Crippen molar-refractivity contribution in [2.75, 3.05) is 27.3 Å². The van der Waals surface area contributed by atoms with Gasteiger partial charge in [-0.05, 0) is 79.3 Å². The Kier molecular flexibility index (Phi) is 9.95. The van der Waals surface area contributed by atoms with E-state index in [9.17, 15) is 29.4 Å². The first-order valence-electron chi connectivity index (χ1n) is 16.4. The Morgan fingerprint density at radius 2 is 1.65 bits per heavy atom. The van der Waals surface area contributed by atoms with Crippen molar-refractivity contribution in [3.8, 4) is 23.0 Å². The van der Waals surface area contributed by atoms with Crippen LogP contribution in [0.5, 0.6) is 23.0 Å². The highest BCUT2D eigenvalue weighted by Crippen LogP contribution is 2.59. The molecule has 5 aliphatic rings. The fourth-order valence-electron chi connectivity index (χ4n) is 8.91. The molecule has 2 fully saturated rings. The van der Waals surface area contributed by atoms with Crippen LogP contribution in [-0.4, -0.2) is 83.8 Å². The van der Waals surface area contributed by atoms with Crippen LogP contribution >= 0.6 is 31.9 Å². The van der Waals surface area contributed by atoms with Crippen LogP contribution in [0.15, 0.2) is 38.3 Å². The molecule has 0 radical (unpaired) electrons. The third-order valence-corrected chi connectivity index (χ3v) is 12.6. The van der Waals surface area contributed by atoms with Gasteiger partial charge in [-0.1, -0.05) is 37.4 Å². The number of piperidine rings is 1. The molecule has 4 atom stereocenters. The summed E-state index contributed by atoms with van der Waals surface area (Å²) in [6, 6.07) is 5.23. The zero-order valence-corrected chi connectivity index (χ0v) is 30.3. The average Bonchev–Trinajstić information content (AvgIpc) is 3.07. The molecule has 4 unspecified atom stereocenters. The first-order valence-corrected chi connectivity index (χ1v) is 17.9. The molecular weight excluding hydrogens is 748 g/mol. The minimum atomic E-state index is -0.381. The predicted octanol–water partition coefficient (Wildman–Crippen LogP) is 5.54. The zero-order chi connectivity index (χ0) is 34.3.